The van der Waals surface area contributed by atoms with Crippen molar-refractivity contribution >= 4 is 53.4 Å². The largest absolute Gasteiger partial charge is 0.276 e. The Morgan fingerprint density at radius 1 is 1.06 bits per heavy atom. The molecule has 0 spiro atoms. The van der Waals surface area contributed by atoms with E-state index in [1.54, 1.807) is 0 Å². The van der Waals surface area contributed by atoms with Gasteiger partial charge in [-0.2, -0.15) is 0 Å². The van der Waals surface area contributed by atoms with Crippen LogP contribution in [0, 0.1) is 0 Å². The molecular weight excluding hydrogens is 299 g/mol. The third-order valence-electron chi connectivity index (χ3n) is 1.68. The summed E-state index contributed by atoms with van der Waals surface area (Å²) >= 11 is 10.3. The predicted octanol–water partition coefficient (Wildman–Crippen LogP) is 2.37. The fourth-order valence-electron chi connectivity index (χ4n) is 1.01. The highest BCUT2D eigenvalue weighted by Crippen LogP contribution is 2.23. The van der Waals surface area contributed by atoms with Gasteiger partial charge < -0.3 is 0 Å². The van der Waals surface area contributed by atoms with Crippen molar-refractivity contribution in [2.24, 2.45) is 0 Å². The Balaban J connectivity index is 3.58. The normalized spacial score (nSPS) is 11.2. The van der Waals surface area contributed by atoms with E-state index in [-0.39, 0.29) is 11.1 Å². The van der Waals surface area contributed by atoms with Gasteiger partial charge in [0, 0.05) is 16.2 Å². The fraction of sp³-hybridized carbons (Fsp3) is 0. The van der Waals surface area contributed by atoms with Crippen molar-refractivity contribution in [1.82, 2.24) is 0 Å². The second-order valence-corrected chi connectivity index (χ2v) is 5.92. The summed E-state index contributed by atoms with van der Waals surface area (Å²) in [5.74, 6) is 0. The summed E-state index contributed by atoms with van der Waals surface area (Å²) in [6.45, 7) is 0. The van der Waals surface area contributed by atoms with Crippen LogP contribution in [0.25, 0.3) is 0 Å². The van der Waals surface area contributed by atoms with Crippen LogP contribution in [0.3, 0.4) is 0 Å². The molecule has 0 aliphatic heterocycles. The fourth-order valence-corrected chi connectivity index (χ4v) is 2.42. The van der Waals surface area contributed by atoms with E-state index in [1.807, 2.05) is 0 Å². The molecule has 0 saturated carbocycles. The Bertz CT molecular complexity index is 565. The molecule has 0 aliphatic rings. The lowest BCUT2D eigenvalue weighted by Crippen LogP contribution is -2.03. The molecule has 8 heteroatoms. The number of hydrogen-bond donors (Lipinski definition) is 0. The van der Waals surface area contributed by atoms with Crippen molar-refractivity contribution in [3.05, 3.63) is 29.3 Å². The van der Waals surface area contributed by atoms with E-state index in [0.717, 1.165) is 12.1 Å². The Hall–Kier alpha value is -0.620. The number of carbonyl (C=O) groups is 2. The van der Waals surface area contributed by atoms with Crippen molar-refractivity contribution in [2.75, 3.05) is 0 Å². The smallest absolute Gasteiger partial charge is 0.262 e. The Labute approximate surface area is 106 Å². The standard InChI is InChI=1S/C8H3Cl3O4S/c9-7(12)4-1-2-5(8(10)13)6(3-4)16(11,14)15/h1-3H. The number of rotatable bonds is 3. The van der Waals surface area contributed by atoms with Gasteiger partial charge in [-0.1, -0.05) is 0 Å². The molecule has 0 radical (unpaired) electrons. The van der Waals surface area contributed by atoms with E-state index >= 15 is 0 Å². The molecule has 0 atom stereocenters. The average Bonchev–Trinajstić information content (AvgIpc) is 2.15. The maximum absolute atomic E-state index is 11.1. The maximum Gasteiger partial charge on any atom is 0.262 e. The summed E-state index contributed by atoms with van der Waals surface area (Å²) in [5.41, 5.74) is -0.402. The van der Waals surface area contributed by atoms with Crippen LogP contribution in [0.4, 0.5) is 0 Å². The van der Waals surface area contributed by atoms with Crippen LogP contribution in [0.5, 0.6) is 0 Å². The van der Waals surface area contributed by atoms with E-state index in [4.69, 9.17) is 33.9 Å². The van der Waals surface area contributed by atoms with Gasteiger partial charge >= 0.3 is 0 Å². The molecule has 0 heterocycles. The molecular formula is C8H3Cl3O4S. The molecule has 0 fully saturated rings. The topological polar surface area (TPSA) is 68.3 Å². The minimum Gasteiger partial charge on any atom is -0.276 e. The third-order valence-corrected chi connectivity index (χ3v) is 3.47. The van der Waals surface area contributed by atoms with E-state index in [0.29, 0.717) is 0 Å². The van der Waals surface area contributed by atoms with Gasteiger partial charge in [0.15, 0.2) is 0 Å². The zero-order chi connectivity index (χ0) is 12.5. The van der Waals surface area contributed by atoms with Gasteiger partial charge in [0.2, 0.25) is 0 Å². The van der Waals surface area contributed by atoms with E-state index in [1.165, 1.54) is 6.07 Å². The second-order valence-electron chi connectivity index (χ2n) is 2.70. The van der Waals surface area contributed by atoms with Gasteiger partial charge in [-0.3, -0.25) is 9.59 Å². The molecule has 0 N–H and O–H groups in total. The lowest BCUT2D eigenvalue weighted by atomic mass is 10.1. The number of hydrogen-bond acceptors (Lipinski definition) is 4. The molecule has 16 heavy (non-hydrogen) atoms. The molecule has 0 aliphatic carbocycles. The van der Waals surface area contributed by atoms with Crippen LogP contribution >= 0.6 is 33.9 Å². The van der Waals surface area contributed by atoms with Gasteiger partial charge in [-0.05, 0) is 41.4 Å². The zero-order valence-corrected chi connectivity index (χ0v) is 10.5. The number of carbonyl (C=O) groups excluding carboxylic acids is 2. The van der Waals surface area contributed by atoms with Gasteiger partial charge in [-0.25, -0.2) is 8.42 Å². The van der Waals surface area contributed by atoms with Gasteiger partial charge in [-0.15, -0.1) is 0 Å². The minimum atomic E-state index is -4.18. The van der Waals surface area contributed by atoms with Crippen molar-refractivity contribution in [3.8, 4) is 0 Å². The zero-order valence-electron chi connectivity index (χ0n) is 7.41. The molecule has 1 aromatic carbocycles. The summed E-state index contributed by atoms with van der Waals surface area (Å²) in [6, 6.07) is 3.14. The molecule has 0 amide bonds. The molecule has 4 nitrogen and oxygen atoms in total. The minimum absolute atomic E-state index is 0.0949. The van der Waals surface area contributed by atoms with Crippen LogP contribution in [-0.2, 0) is 9.05 Å². The first-order valence-electron chi connectivity index (χ1n) is 3.72. The maximum atomic E-state index is 11.1. The molecule has 0 bridgehead atoms. The average molecular weight is 302 g/mol. The summed E-state index contributed by atoms with van der Waals surface area (Å²) < 4.78 is 22.3. The van der Waals surface area contributed by atoms with Gasteiger partial charge in [0.25, 0.3) is 19.5 Å². The first kappa shape index (κ1) is 13.4. The summed E-state index contributed by atoms with van der Waals surface area (Å²) in [5, 5.41) is -1.86. The Morgan fingerprint density at radius 2 is 1.62 bits per heavy atom. The molecule has 1 rings (SSSR count). The predicted molar refractivity (Wildman–Crippen MR) is 59.8 cm³/mol. The Morgan fingerprint density at radius 3 is 2.00 bits per heavy atom. The van der Waals surface area contributed by atoms with E-state index < -0.39 is 24.4 Å². The highest BCUT2D eigenvalue weighted by atomic mass is 35.7. The summed E-state index contributed by atoms with van der Waals surface area (Å²) in [6.07, 6.45) is 0. The molecule has 0 aromatic heterocycles. The third kappa shape index (κ3) is 2.95. The van der Waals surface area contributed by atoms with E-state index in [9.17, 15) is 18.0 Å². The van der Waals surface area contributed by atoms with Crippen molar-refractivity contribution in [1.29, 1.82) is 0 Å². The number of halogens is 3. The Kier molecular flexibility index (Phi) is 3.96. The van der Waals surface area contributed by atoms with Crippen molar-refractivity contribution in [3.63, 3.8) is 0 Å². The first-order valence-corrected chi connectivity index (χ1v) is 6.78. The monoisotopic (exact) mass is 300 g/mol. The van der Waals surface area contributed by atoms with Crippen LogP contribution < -0.4 is 0 Å². The summed E-state index contributed by atoms with van der Waals surface area (Å²) in [7, 11) is 0.913. The highest BCUT2D eigenvalue weighted by Gasteiger charge is 2.21. The van der Waals surface area contributed by atoms with Gasteiger partial charge in [0.05, 0.1) is 10.5 Å². The summed E-state index contributed by atoms with van der Waals surface area (Å²) in [4.78, 5) is 21.2. The molecule has 0 unspecified atom stereocenters. The first-order chi connectivity index (χ1) is 7.23. The lowest BCUT2D eigenvalue weighted by molar-refractivity contribution is 0.106. The second kappa shape index (κ2) is 4.71. The van der Waals surface area contributed by atoms with Crippen LogP contribution in [-0.4, -0.2) is 18.9 Å². The van der Waals surface area contributed by atoms with Crippen LogP contribution in [0.1, 0.15) is 20.7 Å². The molecule has 0 saturated heterocycles. The van der Waals surface area contributed by atoms with Gasteiger partial charge in [0.1, 0.15) is 0 Å². The quantitative estimate of drug-likeness (QED) is 0.804. The number of benzene rings is 1. The molecule has 86 valence electrons. The van der Waals surface area contributed by atoms with E-state index in [2.05, 4.69) is 0 Å². The highest BCUT2D eigenvalue weighted by molar-refractivity contribution is 8.13. The lowest BCUT2D eigenvalue weighted by Gasteiger charge is -2.03. The SMILES string of the molecule is O=C(Cl)c1ccc(C(=O)Cl)c(S(=O)(=O)Cl)c1. The van der Waals surface area contributed by atoms with Crippen LogP contribution in [0.15, 0.2) is 23.1 Å². The van der Waals surface area contributed by atoms with Crippen molar-refractivity contribution < 1.29 is 18.0 Å². The molecule has 1 aromatic rings. The van der Waals surface area contributed by atoms with Crippen LogP contribution in [0.2, 0.25) is 0 Å². The van der Waals surface area contributed by atoms with Crippen molar-refractivity contribution in [2.45, 2.75) is 4.90 Å².